The van der Waals surface area contributed by atoms with Crippen molar-refractivity contribution < 1.29 is 14.0 Å². The van der Waals surface area contributed by atoms with E-state index in [2.05, 4.69) is 20.6 Å². The molecule has 0 radical (unpaired) electrons. The fourth-order valence-electron chi connectivity index (χ4n) is 2.85. The number of aromatic nitrogens is 2. The van der Waals surface area contributed by atoms with Crippen molar-refractivity contribution in [3.8, 4) is 0 Å². The molecule has 0 spiro atoms. The van der Waals surface area contributed by atoms with E-state index in [-0.39, 0.29) is 24.3 Å². The molecule has 2 N–H and O–H groups in total. The normalized spacial score (nSPS) is 15.1. The van der Waals surface area contributed by atoms with E-state index < -0.39 is 6.04 Å². The van der Waals surface area contributed by atoms with Gasteiger partial charge in [-0.25, -0.2) is 19.2 Å². The van der Waals surface area contributed by atoms with Crippen LogP contribution in [-0.4, -0.2) is 59.0 Å². The maximum absolute atomic E-state index is 12.9. The number of rotatable bonds is 5. The highest BCUT2D eigenvalue weighted by Gasteiger charge is 2.24. The van der Waals surface area contributed by atoms with E-state index in [0.29, 0.717) is 32.1 Å². The van der Waals surface area contributed by atoms with Crippen molar-refractivity contribution in [1.82, 2.24) is 25.5 Å². The molecule has 8 nitrogen and oxygen atoms in total. The van der Waals surface area contributed by atoms with Gasteiger partial charge in [0.05, 0.1) is 0 Å². The maximum atomic E-state index is 12.9. The van der Waals surface area contributed by atoms with Gasteiger partial charge in [0.1, 0.15) is 11.9 Å². The summed E-state index contributed by atoms with van der Waals surface area (Å²) in [7, 11) is 0. The number of halogens is 1. The van der Waals surface area contributed by atoms with Crippen molar-refractivity contribution in [3.05, 3.63) is 54.1 Å². The molecule has 9 heteroatoms. The van der Waals surface area contributed by atoms with Gasteiger partial charge in [-0.3, -0.25) is 4.79 Å². The Morgan fingerprint density at radius 1 is 1.11 bits per heavy atom. The molecular formula is C19H23FN6O2. The second-order valence-corrected chi connectivity index (χ2v) is 6.54. The second-order valence-electron chi connectivity index (χ2n) is 6.54. The molecule has 3 amide bonds. The number of hydrogen-bond donors (Lipinski definition) is 2. The Kier molecular flexibility index (Phi) is 6.36. The molecule has 1 unspecified atom stereocenters. The Balaban J connectivity index is 1.42. The SMILES string of the molecule is CC(NC(=O)N1CCN(c2ncccn2)CC1)C(=O)NCc1ccc(F)cc1. The van der Waals surface area contributed by atoms with E-state index in [1.165, 1.54) is 12.1 Å². The molecule has 0 saturated carbocycles. The topological polar surface area (TPSA) is 90.5 Å². The molecule has 1 aliphatic heterocycles. The second kappa shape index (κ2) is 9.12. The zero-order valence-corrected chi connectivity index (χ0v) is 15.6. The highest BCUT2D eigenvalue weighted by molar-refractivity contribution is 5.86. The lowest BCUT2D eigenvalue weighted by molar-refractivity contribution is -0.122. The number of anilines is 1. The van der Waals surface area contributed by atoms with Gasteiger partial charge in [0, 0.05) is 45.1 Å². The average molecular weight is 386 g/mol. The molecule has 148 valence electrons. The summed E-state index contributed by atoms with van der Waals surface area (Å²) < 4.78 is 12.9. The molecule has 1 fully saturated rings. The number of piperazine rings is 1. The third-order valence-corrected chi connectivity index (χ3v) is 4.52. The van der Waals surface area contributed by atoms with Crippen LogP contribution >= 0.6 is 0 Å². The van der Waals surface area contributed by atoms with Crippen LogP contribution in [0.3, 0.4) is 0 Å². The third kappa shape index (κ3) is 5.15. The third-order valence-electron chi connectivity index (χ3n) is 4.52. The van der Waals surface area contributed by atoms with Crippen LogP contribution in [0.15, 0.2) is 42.7 Å². The van der Waals surface area contributed by atoms with Crippen molar-refractivity contribution in [2.75, 3.05) is 31.1 Å². The smallest absolute Gasteiger partial charge is 0.318 e. The molecule has 3 rings (SSSR count). The predicted molar refractivity (Wildman–Crippen MR) is 102 cm³/mol. The number of hydrogen-bond acceptors (Lipinski definition) is 5. The number of amides is 3. The quantitative estimate of drug-likeness (QED) is 0.805. The summed E-state index contributed by atoms with van der Waals surface area (Å²) in [6, 6.07) is 6.69. The summed E-state index contributed by atoms with van der Waals surface area (Å²) in [5, 5.41) is 5.45. The van der Waals surface area contributed by atoms with Crippen LogP contribution in [0.5, 0.6) is 0 Å². The number of carbonyl (C=O) groups is 2. The van der Waals surface area contributed by atoms with Gasteiger partial charge in [-0.1, -0.05) is 12.1 Å². The van der Waals surface area contributed by atoms with Crippen LogP contribution in [0, 0.1) is 5.82 Å². The molecule has 28 heavy (non-hydrogen) atoms. The number of carbonyl (C=O) groups excluding carboxylic acids is 2. The zero-order valence-electron chi connectivity index (χ0n) is 15.6. The van der Waals surface area contributed by atoms with E-state index in [1.54, 1.807) is 42.4 Å². The summed E-state index contributed by atoms with van der Waals surface area (Å²) in [6.45, 7) is 4.20. The van der Waals surface area contributed by atoms with Gasteiger partial charge >= 0.3 is 6.03 Å². The summed E-state index contributed by atoms with van der Waals surface area (Å²) in [4.78, 5) is 36.7. The molecule has 0 bridgehead atoms. The van der Waals surface area contributed by atoms with E-state index >= 15 is 0 Å². The lowest BCUT2D eigenvalue weighted by atomic mass is 10.2. The van der Waals surface area contributed by atoms with Crippen LogP contribution in [0.1, 0.15) is 12.5 Å². The molecule has 1 aromatic carbocycles. The van der Waals surface area contributed by atoms with Crippen LogP contribution in [0.2, 0.25) is 0 Å². The zero-order chi connectivity index (χ0) is 19.9. The van der Waals surface area contributed by atoms with Crippen molar-refractivity contribution in [3.63, 3.8) is 0 Å². The minimum atomic E-state index is -0.677. The monoisotopic (exact) mass is 386 g/mol. The minimum Gasteiger partial charge on any atom is -0.350 e. The van der Waals surface area contributed by atoms with E-state index in [1.807, 2.05) is 4.90 Å². The standard InChI is InChI=1S/C19H23FN6O2/c1-14(17(27)23-13-15-3-5-16(20)6-4-15)24-19(28)26-11-9-25(10-12-26)18-21-7-2-8-22-18/h2-8,14H,9-13H2,1H3,(H,23,27)(H,24,28). The van der Waals surface area contributed by atoms with Crippen molar-refractivity contribution in [1.29, 1.82) is 0 Å². The fraction of sp³-hybridized carbons (Fsp3) is 0.368. The number of nitrogens with one attached hydrogen (secondary N) is 2. The number of urea groups is 1. The van der Waals surface area contributed by atoms with Gasteiger partial charge < -0.3 is 20.4 Å². The van der Waals surface area contributed by atoms with Gasteiger partial charge in [0.15, 0.2) is 0 Å². The van der Waals surface area contributed by atoms with Gasteiger partial charge in [0.2, 0.25) is 11.9 Å². The maximum Gasteiger partial charge on any atom is 0.318 e. The molecule has 2 heterocycles. The van der Waals surface area contributed by atoms with Gasteiger partial charge in [-0.05, 0) is 30.7 Å². The first-order valence-electron chi connectivity index (χ1n) is 9.12. The van der Waals surface area contributed by atoms with E-state index in [0.717, 1.165) is 5.56 Å². The van der Waals surface area contributed by atoms with E-state index in [9.17, 15) is 14.0 Å². The molecular weight excluding hydrogens is 363 g/mol. The first kappa shape index (κ1) is 19.5. The Hall–Kier alpha value is -3.23. The fourth-order valence-corrected chi connectivity index (χ4v) is 2.85. The van der Waals surface area contributed by atoms with Crippen molar-refractivity contribution in [2.24, 2.45) is 0 Å². The predicted octanol–water partition coefficient (Wildman–Crippen LogP) is 1.15. The van der Waals surface area contributed by atoms with E-state index in [4.69, 9.17) is 0 Å². The average Bonchev–Trinajstić information content (AvgIpc) is 2.73. The van der Waals surface area contributed by atoms with Crippen molar-refractivity contribution >= 4 is 17.9 Å². The Bertz CT molecular complexity index is 794. The van der Waals surface area contributed by atoms with Crippen LogP contribution < -0.4 is 15.5 Å². The van der Waals surface area contributed by atoms with Gasteiger partial charge in [-0.15, -0.1) is 0 Å². The highest BCUT2D eigenvalue weighted by Crippen LogP contribution is 2.10. The van der Waals surface area contributed by atoms with Crippen molar-refractivity contribution in [2.45, 2.75) is 19.5 Å². The van der Waals surface area contributed by atoms with Crippen LogP contribution in [0.25, 0.3) is 0 Å². The molecule has 1 aliphatic rings. The minimum absolute atomic E-state index is 0.273. The summed E-state index contributed by atoms with van der Waals surface area (Å²) in [5.41, 5.74) is 0.785. The Morgan fingerprint density at radius 2 is 1.75 bits per heavy atom. The molecule has 1 saturated heterocycles. The van der Waals surface area contributed by atoms with Gasteiger partial charge in [-0.2, -0.15) is 0 Å². The number of benzene rings is 1. The van der Waals surface area contributed by atoms with Crippen LogP contribution in [-0.2, 0) is 11.3 Å². The molecule has 1 atom stereocenters. The molecule has 2 aromatic rings. The summed E-state index contributed by atoms with van der Waals surface area (Å²) in [5.74, 6) is 0.0275. The number of nitrogens with zero attached hydrogens (tertiary/aromatic N) is 4. The lowest BCUT2D eigenvalue weighted by Crippen LogP contribution is -2.55. The van der Waals surface area contributed by atoms with Gasteiger partial charge in [0.25, 0.3) is 0 Å². The first-order valence-corrected chi connectivity index (χ1v) is 9.12. The summed E-state index contributed by atoms with van der Waals surface area (Å²) in [6.07, 6.45) is 3.38. The Labute approximate surface area is 162 Å². The largest absolute Gasteiger partial charge is 0.350 e. The molecule has 0 aliphatic carbocycles. The Morgan fingerprint density at radius 3 is 2.39 bits per heavy atom. The molecule has 1 aromatic heterocycles. The van der Waals surface area contributed by atoms with Crippen LogP contribution in [0.4, 0.5) is 15.1 Å². The first-order chi connectivity index (χ1) is 13.5. The highest BCUT2D eigenvalue weighted by atomic mass is 19.1. The summed E-state index contributed by atoms with van der Waals surface area (Å²) >= 11 is 0. The lowest BCUT2D eigenvalue weighted by Gasteiger charge is -2.35.